The van der Waals surface area contributed by atoms with Gasteiger partial charge in [-0.05, 0) is 57.7 Å². The Morgan fingerprint density at radius 2 is 2.09 bits per heavy atom. The van der Waals surface area contributed by atoms with Crippen LogP contribution < -0.4 is 5.32 Å². The molecule has 0 aromatic heterocycles. The number of hydrogen-bond donors (Lipinski definition) is 1. The van der Waals surface area contributed by atoms with Crippen molar-refractivity contribution in [3.8, 4) is 0 Å². The summed E-state index contributed by atoms with van der Waals surface area (Å²) in [6, 6.07) is 7.20. The Labute approximate surface area is 143 Å². The molecule has 1 saturated heterocycles. The number of carbonyl (C=O) groups excluding carboxylic acids is 2. The van der Waals surface area contributed by atoms with Gasteiger partial charge in [0.1, 0.15) is 5.41 Å². The fourth-order valence-corrected chi connectivity index (χ4v) is 3.19. The first-order valence-electron chi connectivity index (χ1n) is 8.24. The molecule has 0 radical (unpaired) electrons. The largest absolute Gasteiger partial charge is 0.339 e. The van der Waals surface area contributed by atoms with Crippen molar-refractivity contribution in [2.45, 2.75) is 52.5 Å². The topological polar surface area (TPSA) is 49.4 Å². The highest BCUT2D eigenvalue weighted by atomic mass is 35.5. The third-order valence-corrected chi connectivity index (χ3v) is 4.78. The summed E-state index contributed by atoms with van der Waals surface area (Å²) in [5.41, 5.74) is -0.498. The number of rotatable bonds is 4. The molecule has 23 heavy (non-hydrogen) atoms. The minimum absolute atomic E-state index is 0.0939. The SMILES string of the molecule is CCC1CCCCN1C(=O)C(C)(C)C(=O)Nc1cccc(Cl)c1. The molecule has 0 aliphatic carbocycles. The van der Waals surface area contributed by atoms with Gasteiger partial charge in [0.15, 0.2) is 0 Å². The van der Waals surface area contributed by atoms with Crippen LogP contribution in [-0.4, -0.2) is 29.3 Å². The maximum atomic E-state index is 12.9. The average Bonchev–Trinajstić information content (AvgIpc) is 2.54. The van der Waals surface area contributed by atoms with Crippen LogP contribution in [0.1, 0.15) is 46.5 Å². The highest BCUT2D eigenvalue weighted by Gasteiger charge is 2.41. The Kier molecular flexibility index (Phi) is 5.69. The highest BCUT2D eigenvalue weighted by Crippen LogP contribution is 2.28. The second-order valence-electron chi connectivity index (χ2n) is 6.65. The molecule has 1 unspecified atom stereocenters. The summed E-state index contributed by atoms with van der Waals surface area (Å²) in [4.78, 5) is 27.4. The van der Waals surface area contributed by atoms with E-state index in [2.05, 4.69) is 12.2 Å². The zero-order valence-electron chi connectivity index (χ0n) is 14.1. The smallest absolute Gasteiger partial charge is 0.239 e. The molecule has 1 aromatic rings. The lowest BCUT2D eigenvalue weighted by Gasteiger charge is -2.39. The van der Waals surface area contributed by atoms with Crippen LogP contribution in [0.3, 0.4) is 0 Å². The Bertz CT molecular complexity index is 586. The summed E-state index contributed by atoms with van der Waals surface area (Å²) < 4.78 is 0. The van der Waals surface area contributed by atoms with Crippen LogP contribution in [-0.2, 0) is 9.59 Å². The summed E-state index contributed by atoms with van der Waals surface area (Å²) in [6.07, 6.45) is 4.11. The van der Waals surface area contributed by atoms with Crippen molar-refractivity contribution in [2.24, 2.45) is 5.41 Å². The van der Waals surface area contributed by atoms with Crippen LogP contribution in [0.2, 0.25) is 5.02 Å². The predicted molar refractivity (Wildman–Crippen MR) is 93.5 cm³/mol. The number of carbonyl (C=O) groups is 2. The molecule has 2 amide bonds. The van der Waals surface area contributed by atoms with Crippen molar-refractivity contribution in [1.82, 2.24) is 4.90 Å². The number of piperidine rings is 1. The van der Waals surface area contributed by atoms with Gasteiger partial charge in [-0.15, -0.1) is 0 Å². The van der Waals surface area contributed by atoms with Gasteiger partial charge in [-0.2, -0.15) is 0 Å². The van der Waals surface area contributed by atoms with Crippen LogP contribution in [0, 0.1) is 5.41 Å². The van der Waals surface area contributed by atoms with Gasteiger partial charge in [0.25, 0.3) is 0 Å². The number of nitrogens with zero attached hydrogens (tertiary/aromatic N) is 1. The monoisotopic (exact) mass is 336 g/mol. The first kappa shape index (κ1) is 17.8. The van der Waals surface area contributed by atoms with Gasteiger partial charge in [0, 0.05) is 23.3 Å². The fraction of sp³-hybridized carbons (Fsp3) is 0.556. The molecular formula is C18H25ClN2O2. The lowest BCUT2D eigenvalue weighted by molar-refractivity contribution is -0.149. The molecule has 1 atom stereocenters. The van der Waals surface area contributed by atoms with E-state index >= 15 is 0 Å². The third-order valence-electron chi connectivity index (χ3n) is 4.54. The number of nitrogens with one attached hydrogen (secondary N) is 1. The highest BCUT2D eigenvalue weighted by molar-refractivity contribution is 6.31. The quantitative estimate of drug-likeness (QED) is 0.842. The Balaban J connectivity index is 2.12. The van der Waals surface area contributed by atoms with Gasteiger partial charge in [-0.1, -0.05) is 24.6 Å². The molecule has 5 heteroatoms. The molecule has 1 heterocycles. The molecule has 1 N–H and O–H groups in total. The molecule has 126 valence electrons. The van der Waals surface area contributed by atoms with E-state index in [9.17, 15) is 9.59 Å². The van der Waals surface area contributed by atoms with Crippen LogP contribution >= 0.6 is 11.6 Å². The predicted octanol–water partition coefficient (Wildman–Crippen LogP) is 4.10. The van der Waals surface area contributed by atoms with Crippen molar-refractivity contribution in [3.63, 3.8) is 0 Å². The summed E-state index contributed by atoms with van der Waals surface area (Å²) in [5.74, 6) is -0.395. The summed E-state index contributed by atoms with van der Waals surface area (Å²) in [5, 5.41) is 3.35. The number of amides is 2. The van der Waals surface area contributed by atoms with Crippen LogP contribution in [0.5, 0.6) is 0 Å². The van der Waals surface area contributed by atoms with E-state index in [4.69, 9.17) is 11.6 Å². The van der Waals surface area contributed by atoms with E-state index in [-0.39, 0.29) is 17.9 Å². The molecule has 1 aromatic carbocycles. The average molecular weight is 337 g/mol. The standard InChI is InChI=1S/C18H25ClN2O2/c1-4-15-10-5-6-11-21(15)17(23)18(2,3)16(22)20-14-9-7-8-13(19)12-14/h7-9,12,15H,4-6,10-11H2,1-3H3,(H,20,22). The van der Waals surface area contributed by atoms with Crippen LogP contribution in [0.4, 0.5) is 5.69 Å². The number of anilines is 1. The zero-order chi connectivity index (χ0) is 17.0. The zero-order valence-corrected chi connectivity index (χ0v) is 14.8. The van der Waals surface area contributed by atoms with Gasteiger partial charge in [-0.25, -0.2) is 0 Å². The van der Waals surface area contributed by atoms with Gasteiger partial charge >= 0.3 is 0 Å². The molecule has 1 fully saturated rings. The summed E-state index contributed by atoms with van der Waals surface area (Å²) >= 11 is 5.94. The van der Waals surface area contributed by atoms with Crippen molar-refractivity contribution < 1.29 is 9.59 Å². The minimum atomic E-state index is -1.10. The molecule has 0 spiro atoms. The van der Waals surface area contributed by atoms with E-state index in [1.807, 2.05) is 4.90 Å². The van der Waals surface area contributed by atoms with Gasteiger partial charge < -0.3 is 10.2 Å². The Hall–Kier alpha value is -1.55. The molecule has 4 nitrogen and oxygen atoms in total. The van der Waals surface area contributed by atoms with Crippen molar-refractivity contribution in [1.29, 1.82) is 0 Å². The first-order valence-corrected chi connectivity index (χ1v) is 8.62. The van der Waals surface area contributed by atoms with Crippen molar-refractivity contribution in [2.75, 3.05) is 11.9 Å². The van der Waals surface area contributed by atoms with Crippen LogP contribution in [0.15, 0.2) is 24.3 Å². The van der Waals surface area contributed by atoms with Crippen LogP contribution in [0.25, 0.3) is 0 Å². The molecule has 0 saturated carbocycles. The van der Waals surface area contributed by atoms with Crippen molar-refractivity contribution in [3.05, 3.63) is 29.3 Å². The number of benzene rings is 1. The normalized spacial score (nSPS) is 18.6. The van der Waals surface area contributed by atoms with Crippen molar-refractivity contribution >= 4 is 29.1 Å². The molecule has 1 aliphatic rings. The molecule has 0 bridgehead atoms. The number of hydrogen-bond acceptors (Lipinski definition) is 2. The fourth-order valence-electron chi connectivity index (χ4n) is 3.00. The maximum Gasteiger partial charge on any atom is 0.239 e. The Morgan fingerprint density at radius 1 is 1.35 bits per heavy atom. The lowest BCUT2D eigenvalue weighted by Crippen LogP contribution is -2.52. The third kappa shape index (κ3) is 4.05. The number of likely N-dealkylation sites (tertiary alicyclic amines) is 1. The second-order valence-corrected chi connectivity index (χ2v) is 7.08. The molecular weight excluding hydrogens is 312 g/mol. The Morgan fingerprint density at radius 3 is 2.74 bits per heavy atom. The maximum absolute atomic E-state index is 12.9. The van der Waals surface area contributed by atoms with E-state index < -0.39 is 5.41 Å². The first-order chi connectivity index (χ1) is 10.9. The van der Waals surface area contributed by atoms with E-state index in [1.165, 1.54) is 0 Å². The van der Waals surface area contributed by atoms with Gasteiger partial charge in [-0.3, -0.25) is 9.59 Å². The van der Waals surface area contributed by atoms with E-state index in [0.29, 0.717) is 10.7 Å². The lowest BCUT2D eigenvalue weighted by atomic mass is 9.87. The molecule has 1 aliphatic heterocycles. The molecule has 2 rings (SSSR count). The summed E-state index contributed by atoms with van der Waals surface area (Å²) in [6.45, 7) is 6.22. The minimum Gasteiger partial charge on any atom is -0.339 e. The van der Waals surface area contributed by atoms with Gasteiger partial charge in [0.2, 0.25) is 11.8 Å². The van der Waals surface area contributed by atoms with E-state index in [1.54, 1.807) is 38.1 Å². The van der Waals surface area contributed by atoms with Gasteiger partial charge in [0.05, 0.1) is 0 Å². The van der Waals surface area contributed by atoms with E-state index in [0.717, 1.165) is 32.2 Å². The number of halogens is 1. The summed E-state index contributed by atoms with van der Waals surface area (Å²) in [7, 11) is 0. The second kappa shape index (κ2) is 7.35.